The summed E-state index contributed by atoms with van der Waals surface area (Å²) in [6.45, 7) is 8.01. The average molecular weight is 489 g/mol. The average Bonchev–Trinajstić information content (AvgIpc) is 3.47. The number of nitrogens with zero attached hydrogens (tertiary/aromatic N) is 5. The van der Waals surface area contributed by atoms with Crippen LogP contribution < -0.4 is 0 Å². The normalized spacial score (nSPS) is 18.3. The molecule has 1 N–H and O–H groups in total. The Morgan fingerprint density at radius 1 is 1.03 bits per heavy atom. The molecule has 5 heterocycles. The number of benzene rings is 1. The number of hydrogen-bond donors (Lipinski definition) is 1. The van der Waals surface area contributed by atoms with Crippen LogP contribution in [0.25, 0.3) is 33.5 Å². The van der Waals surface area contributed by atoms with Gasteiger partial charge in [-0.3, -0.25) is 4.68 Å². The van der Waals surface area contributed by atoms with Gasteiger partial charge in [-0.2, -0.15) is 4.39 Å². The molecule has 2 aliphatic rings. The van der Waals surface area contributed by atoms with Crippen LogP contribution >= 0.6 is 0 Å². The Morgan fingerprint density at radius 2 is 1.75 bits per heavy atom. The van der Waals surface area contributed by atoms with Crippen LogP contribution in [0.2, 0.25) is 0 Å². The molecular weight excluding hydrogens is 455 g/mol. The smallest absolute Gasteiger partial charge is 0.240 e. The summed E-state index contributed by atoms with van der Waals surface area (Å²) in [5, 5.41) is 4.24. The summed E-state index contributed by atoms with van der Waals surface area (Å²) in [4.78, 5) is 15.0. The van der Waals surface area contributed by atoms with Gasteiger partial charge in [0.2, 0.25) is 5.95 Å². The maximum Gasteiger partial charge on any atom is 0.240 e. The van der Waals surface area contributed by atoms with Crippen molar-refractivity contribution < 1.29 is 9.13 Å². The Kier molecular flexibility index (Phi) is 6.09. The predicted molar refractivity (Wildman–Crippen MR) is 139 cm³/mol. The van der Waals surface area contributed by atoms with Crippen LogP contribution in [0.5, 0.6) is 0 Å². The van der Waals surface area contributed by atoms with E-state index in [0.29, 0.717) is 28.2 Å². The second kappa shape index (κ2) is 9.41. The van der Waals surface area contributed by atoms with Crippen LogP contribution in [0.15, 0.2) is 30.7 Å². The Balaban J connectivity index is 1.35. The van der Waals surface area contributed by atoms with Gasteiger partial charge in [0, 0.05) is 36.7 Å². The number of ether oxygens (including phenoxy) is 1. The van der Waals surface area contributed by atoms with Gasteiger partial charge in [-0.1, -0.05) is 0 Å². The number of nitrogens with one attached hydrogen (secondary N) is 1. The minimum atomic E-state index is -0.463. The number of hydrogen-bond acceptors (Lipinski definition) is 5. The fraction of sp³-hybridized carbons (Fsp3) is 0.464. The summed E-state index contributed by atoms with van der Waals surface area (Å²) >= 11 is 0. The highest BCUT2D eigenvalue weighted by Gasteiger charge is 2.24. The van der Waals surface area contributed by atoms with E-state index in [-0.39, 0.29) is 6.04 Å². The van der Waals surface area contributed by atoms with Gasteiger partial charge in [-0.15, -0.1) is 5.10 Å². The minimum Gasteiger partial charge on any atom is -0.381 e. The van der Waals surface area contributed by atoms with Crippen LogP contribution in [0.3, 0.4) is 0 Å². The lowest BCUT2D eigenvalue weighted by Crippen LogP contribution is -2.31. The van der Waals surface area contributed by atoms with E-state index in [1.54, 1.807) is 17.1 Å². The zero-order chi connectivity index (χ0) is 24.8. The number of H-pyrrole nitrogens is 1. The second-order valence-electron chi connectivity index (χ2n) is 10.4. The summed E-state index contributed by atoms with van der Waals surface area (Å²) in [6, 6.07) is 4.63. The first kappa shape index (κ1) is 23.3. The van der Waals surface area contributed by atoms with Crippen molar-refractivity contribution in [3.05, 3.63) is 53.4 Å². The van der Waals surface area contributed by atoms with E-state index in [2.05, 4.69) is 53.0 Å². The van der Waals surface area contributed by atoms with Gasteiger partial charge in [0.25, 0.3) is 0 Å². The molecule has 0 saturated carbocycles. The summed E-state index contributed by atoms with van der Waals surface area (Å²) in [5.74, 6) is 0.0799. The molecule has 1 aromatic carbocycles. The first-order valence-corrected chi connectivity index (χ1v) is 12.9. The lowest BCUT2D eigenvalue weighted by Gasteiger charge is -2.28. The van der Waals surface area contributed by atoms with E-state index in [1.807, 2.05) is 6.20 Å². The topological polar surface area (TPSA) is 71.9 Å². The quantitative estimate of drug-likeness (QED) is 0.416. The van der Waals surface area contributed by atoms with E-state index < -0.39 is 5.95 Å². The first-order valence-electron chi connectivity index (χ1n) is 12.9. The number of aromatic amines is 1. The van der Waals surface area contributed by atoms with Crippen molar-refractivity contribution in [1.82, 2.24) is 29.6 Å². The molecule has 2 aliphatic heterocycles. The van der Waals surface area contributed by atoms with Crippen LogP contribution in [0, 0.1) is 19.8 Å². The fourth-order valence-corrected chi connectivity index (χ4v) is 5.99. The molecule has 0 unspecified atom stereocenters. The predicted octanol–water partition coefficient (Wildman–Crippen LogP) is 5.41. The third-order valence-electron chi connectivity index (χ3n) is 7.94. The number of rotatable bonds is 4. The first-order chi connectivity index (χ1) is 17.5. The molecule has 188 valence electrons. The van der Waals surface area contributed by atoms with Crippen molar-refractivity contribution in [3.63, 3.8) is 0 Å². The van der Waals surface area contributed by atoms with Crippen molar-refractivity contribution in [2.45, 2.75) is 51.5 Å². The van der Waals surface area contributed by atoms with Gasteiger partial charge in [0.1, 0.15) is 5.52 Å². The summed E-state index contributed by atoms with van der Waals surface area (Å²) in [6.07, 6.45) is 9.49. The van der Waals surface area contributed by atoms with E-state index >= 15 is 4.39 Å². The summed E-state index contributed by atoms with van der Waals surface area (Å²) in [5.41, 5.74) is 8.28. The van der Waals surface area contributed by atoms with Crippen molar-refractivity contribution in [2.24, 2.45) is 0 Å². The number of aromatic nitrogens is 5. The molecule has 36 heavy (non-hydrogen) atoms. The molecule has 6 rings (SSSR count). The van der Waals surface area contributed by atoms with Gasteiger partial charge in [0.15, 0.2) is 5.65 Å². The Labute approximate surface area is 210 Å². The highest BCUT2D eigenvalue weighted by Crippen LogP contribution is 2.36. The zero-order valence-corrected chi connectivity index (χ0v) is 21.2. The molecule has 0 bridgehead atoms. The third-order valence-corrected chi connectivity index (χ3v) is 7.94. The molecule has 0 radical (unpaired) electrons. The largest absolute Gasteiger partial charge is 0.381 e. The molecule has 7 nitrogen and oxygen atoms in total. The van der Waals surface area contributed by atoms with Gasteiger partial charge >= 0.3 is 0 Å². The van der Waals surface area contributed by atoms with Crippen LogP contribution in [0.1, 0.15) is 54.3 Å². The highest BCUT2D eigenvalue weighted by atomic mass is 19.1. The van der Waals surface area contributed by atoms with Crippen molar-refractivity contribution in [2.75, 3.05) is 33.4 Å². The SMILES string of the molecule is Cc1cc(-c2cnc3[nH]cc(-c4cn(C5CCN(C)CC5)nc4F)c3n2)cc(C)c1C1CCOCC1. The van der Waals surface area contributed by atoms with Gasteiger partial charge in [0.05, 0.1) is 23.5 Å². The lowest BCUT2D eigenvalue weighted by atomic mass is 9.84. The number of likely N-dealkylation sites (tertiary alicyclic amines) is 1. The van der Waals surface area contributed by atoms with Crippen molar-refractivity contribution >= 4 is 11.2 Å². The third kappa shape index (κ3) is 4.22. The number of piperidine rings is 1. The van der Waals surface area contributed by atoms with Crippen LogP contribution in [0.4, 0.5) is 4.39 Å². The number of aryl methyl sites for hydroxylation is 2. The number of halogens is 1. The molecule has 2 saturated heterocycles. The van der Waals surface area contributed by atoms with E-state index in [4.69, 9.17) is 9.72 Å². The lowest BCUT2D eigenvalue weighted by molar-refractivity contribution is 0.0851. The molecule has 0 aliphatic carbocycles. The summed E-state index contributed by atoms with van der Waals surface area (Å²) < 4.78 is 22.4. The molecule has 0 spiro atoms. The molecule has 8 heteroatoms. The minimum absolute atomic E-state index is 0.219. The summed E-state index contributed by atoms with van der Waals surface area (Å²) in [7, 11) is 2.12. The van der Waals surface area contributed by atoms with Crippen molar-refractivity contribution in [3.8, 4) is 22.4 Å². The van der Waals surface area contributed by atoms with Crippen LogP contribution in [-0.2, 0) is 4.74 Å². The molecule has 0 amide bonds. The van der Waals surface area contributed by atoms with E-state index in [9.17, 15) is 0 Å². The van der Waals surface area contributed by atoms with Crippen molar-refractivity contribution in [1.29, 1.82) is 0 Å². The Hall–Kier alpha value is -3.10. The number of fused-ring (bicyclic) bond motifs is 1. The molecular formula is C28H33FN6O. The maximum atomic E-state index is 15.1. The zero-order valence-electron chi connectivity index (χ0n) is 21.2. The molecule has 4 aromatic rings. The Morgan fingerprint density at radius 3 is 2.47 bits per heavy atom. The van der Waals surface area contributed by atoms with E-state index in [0.717, 1.165) is 63.2 Å². The molecule has 3 aromatic heterocycles. The monoisotopic (exact) mass is 488 g/mol. The van der Waals surface area contributed by atoms with E-state index in [1.165, 1.54) is 16.7 Å². The fourth-order valence-electron chi connectivity index (χ4n) is 5.99. The van der Waals surface area contributed by atoms with Gasteiger partial charge < -0.3 is 14.6 Å². The molecule has 2 fully saturated rings. The maximum absolute atomic E-state index is 15.1. The molecule has 0 atom stereocenters. The second-order valence-corrected chi connectivity index (χ2v) is 10.4. The Bertz CT molecular complexity index is 1370. The van der Waals surface area contributed by atoms with Gasteiger partial charge in [-0.05, 0) is 94.4 Å². The van der Waals surface area contributed by atoms with Crippen LogP contribution in [-0.4, -0.2) is 63.0 Å². The highest BCUT2D eigenvalue weighted by molar-refractivity contribution is 5.91. The standard InChI is InChI=1S/C28H33FN6O/c1-17-12-20(13-18(2)25(17)19-6-10-36-11-7-19)24-15-31-28-26(32-24)22(14-30-28)23-16-35(33-27(23)29)21-4-8-34(3)9-5-21/h12-16,19,21H,4-11H2,1-3H3,(H,30,31). The van der Waals surface area contributed by atoms with Gasteiger partial charge in [-0.25, -0.2) is 9.97 Å².